The fourth-order valence-electron chi connectivity index (χ4n) is 1.26. The lowest BCUT2D eigenvalue weighted by atomic mass is 10.2. The minimum Gasteiger partial charge on any atom is -0.461 e. The van der Waals surface area contributed by atoms with Gasteiger partial charge in [-0.05, 0) is 13.3 Å². The van der Waals surface area contributed by atoms with Crippen LogP contribution in [0, 0.1) is 0 Å². The Morgan fingerprint density at radius 3 is 2.87 bits per heavy atom. The standard InChI is InChI=1S/C10H17N3O2/c1-3-5-6-7-12-8(9(11)13-7)10(14)15-4-2/h3-6,11H2,1-2H3,(H,12,13). The van der Waals surface area contributed by atoms with Crippen molar-refractivity contribution in [3.05, 3.63) is 11.5 Å². The number of rotatable bonds is 5. The summed E-state index contributed by atoms with van der Waals surface area (Å²) in [5.74, 6) is 0.530. The number of aromatic amines is 1. The Kier molecular flexibility index (Phi) is 4.15. The monoisotopic (exact) mass is 211 g/mol. The largest absolute Gasteiger partial charge is 0.461 e. The van der Waals surface area contributed by atoms with E-state index in [1.165, 1.54) is 0 Å². The molecule has 0 fully saturated rings. The number of hydrogen-bond acceptors (Lipinski definition) is 4. The van der Waals surface area contributed by atoms with Gasteiger partial charge in [-0.2, -0.15) is 0 Å². The number of nitrogen functional groups attached to an aromatic ring is 1. The van der Waals surface area contributed by atoms with Gasteiger partial charge in [0.15, 0.2) is 11.5 Å². The van der Waals surface area contributed by atoms with E-state index in [4.69, 9.17) is 10.5 Å². The maximum absolute atomic E-state index is 11.4. The highest BCUT2D eigenvalue weighted by Crippen LogP contribution is 2.11. The molecule has 0 atom stereocenters. The lowest BCUT2D eigenvalue weighted by Gasteiger charge is -1.98. The Morgan fingerprint density at radius 1 is 1.53 bits per heavy atom. The Balaban J connectivity index is 2.72. The molecule has 5 heteroatoms. The summed E-state index contributed by atoms with van der Waals surface area (Å²) in [5, 5.41) is 0. The molecule has 1 heterocycles. The molecular formula is C10H17N3O2. The summed E-state index contributed by atoms with van der Waals surface area (Å²) in [5.41, 5.74) is 5.87. The minimum absolute atomic E-state index is 0.222. The second-order valence-electron chi connectivity index (χ2n) is 3.27. The van der Waals surface area contributed by atoms with Gasteiger partial charge in [0.2, 0.25) is 0 Å². The molecule has 5 nitrogen and oxygen atoms in total. The summed E-state index contributed by atoms with van der Waals surface area (Å²) in [6.07, 6.45) is 2.91. The van der Waals surface area contributed by atoms with Crippen molar-refractivity contribution < 1.29 is 9.53 Å². The molecule has 0 aliphatic rings. The summed E-state index contributed by atoms with van der Waals surface area (Å²) >= 11 is 0. The second kappa shape index (κ2) is 5.38. The Hall–Kier alpha value is -1.52. The number of unbranched alkanes of at least 4 members (excludes halogenated alkanes) is 1. The molecule has 84 valence electrons. The highest BCUT2D eigenvalue weighted by Gasteiger charge is 2.15. The summed E-state index contributed by atoms with van der Waals surface area (Å²) in [4.78, 5) is 18.3. The van der Waals surface area contributed by atoms with Crippen LogP contribution in [0.25, 0.3) is 0 Å². The van der Waals surface area contributed by atoms with Crippen LogP contribution in [0.3, 0.4) is 0 Å². The molecule has 1 aromatic heterocycles. The maximum atomic E-state index is 11.4. The van der Waals surface area contributed by atoms with Crippen molar-refractivity contribution in [2.75, 3.05) is 12.3 Å². The van der Waals surface area contributed by atoms with E-state index in [1.807, 2.05) is 0 Å². The Labute approximate surface area is 89.0 Å². The number of nitrogens with zero attached hydrogens (tertiary/aromatic N) is 1. The number of nitrogens with one attached hydrogen (secondary N) is 1. The average molecular weight is 211 g/mol. The molecule has 0 aromatic carbocycles. The zero-order valence-corrected chi connectivity index (χ0v) is 9.17. The summed E-state index contributed by atoms with van der Waals surface area (Å²) in [7, 11) is 0. The first kappa shape index (κ1) is 11.6. The van der Waals surface area contributed by atoms with Gasteiger partial charge in [0.1, 0.15) is 5.82 Å². The third kappa shape index (κ3) is 2.97. The number of hydrogen-bond donors (Lipinski definition) is 2. The SMILES string of the molecule is CCCCc1nc(N)c(C(=O)OCC)[nH]1. The fourth-order valence-corrected chi connectivity index (χ4v) is 1.26. The van der Waals surface area contributed by atoms with Crippen LogP contribution in [0.2, 0.25) is 0 Å². The third-order valence-corrected chi connectivity index (χ3v) is 2.03. The van der Waals surface area contributed by atoms with Crippen molar-refractivity contribution in [1.29, 1.82) is 0 Å². The number of imidazole rings is 1. The van der Waals surface area contributed by atoms with Gasteiger partial charge in [-0.3, -0.25) is 0 Å². The van der Waals surface area contributed by atoms with E-state index in [0.717, 1.165) is 25.1 Å². The molecule has 0 bridgehead atoms. The van der Waals surface area contributed by atoms with E-state index in [1.54, 1.807) is 6.92 Å². The predicted molar refractivity (Wildman–Crippen MR) is 57.6 cm³/mol. The molecule has 0 aliphatic carbocycles. The first-order chi connectivity index (χ1) is 7.19. The van der Waals surface area contributed by atoms with Gasteiger partial charge in [-0.25, -0.2) is 9.78 Å². The van der Waals surface area contributed by atoms with Gasteiger partial charge < -0.3 is 15.5 Å². The number of H-pyrrole nitrogens is 1. The number of anilines is 1. The quantitative estimate of drug-likeness (QED) is 0.723. The number of carbonyl (C=O) groups is 1. The molecule has 1 aromatic rings. The van der Waals surface area contributed by atoms with Gasteiger partial charge in [0.05, 0.1) is 6.61 Å². The molecule has 0 amide bonds. The molecule has 0 spiro atoms. The van der Waals surface area contributed by atoms with Crippen LogP contribution in [0.1, 0.15) is 43.0 Å². The molecule has 0 aliphatic heterocycles. The predicted octanol–water partition coefficient (Wildman–Crippen LogP) is 1.51. The van der Waals surface area contributed by atoms with Crippen LogP contribution >= 0.6 is 0 Å². The van der Waals surface area contributed by atoms with Crippen LogP contribution in [-0.2, 0) is 11.2 Å². The van der Waals surface area contributed by atoms with Crippen LogP contribution in [0.4, 0.5) is 5.82 Å². The topological polar surface area (TPSA) is 81.0 Å². The average Bonchev–Trinajstić information content (AvgIpc) is 2.57. The molecule has 3 N–H and O–H groups in total. The molecule has 0 saturated carbocycles. The summed E-state index contributed by atoms with van der Waals surface area (Å²) < 4.78 is 4.84. The van der Waals surface area contributed by atoms with Crippen molar-refractivity contribution in [2.24, 2.45) is 0 Å². The number of ether oxygens (including phenoxy) is 1. The first-order valence-electron chi connectivity index (χ1n) is 5.20. The molecule has 1 rings (SSSR count). The van der Waals surface area contributed by atoms with E-state index in [-0.39, 0.29) is 11.5 Å². The summed E-state index contributed by atoms with van der Waals surface area (Å²) in [6.45, 7) is 4.18. The number of carbonyl (C=O) groups excluding carboxylic acids is 1. The van der Waals surface area contributed by atoms with Crippen molar-refractivity contribution in [3.8, 4) is 0 Å². The van der Waals surface area contributed by atoms with Gasteiger partial charge >= 0.3 is 5.97 Å². The second-order valence-corrected chi connectivity index (χ2v) is 3.27. The summed E-state index contributed by atoms with van der Waals surface area (Å²) in [6, 6.07) is 0. The van der Waals surface area contributed by atoms with Gasteiger partial charge in [-0.1, -0.05) is 13.3 Å². The number of nitrogens with two attached hydrogens (primary N) is 1. The first-order valence-corrected chi connectivity index (χ1v) is 5.20. The van der Waals surface area contributed by atoms with Crippen molar-refractivity contribution >= 4 is 11.8 Å². The highest BCUT2D eigenvalue weighted by atomic mass is 16.5. The minimum atomic E-state index is -0.440. The number of aromatic nitrogens is 2. The molecule has 0 radical (unpaired) electrons. The van der Waals surface area contributed by atoms with Crippen LogP contribution in [-0.4, -0.2) is 22.5 Å². The zero-order chi connectivity index (χ0) is 11.3. The van der Waals surface area contributed by atoms with E-state index in [2.05, 4.69) is 16.9 Å². The van der Waals surface area contributed by atoms with E-state index >= 15 is 0 Å². The van der Waals surface area contributed by atoms with Gasteiger partial charge in [-0.15, -0.1) is 0 Å². The zero-order valence-electron chi connectivity index (χ0n) is 9.17. The Bertz CT molecular complexity index is 333. The smallest absolute Gasteiger partial charge is 0.358 e. The van der Waals surface area contributed by atoms with Crippen molar-refractivity contribution in [1.82, 2.24) is 9.97 Å². The third-order valence-electron chi connectivity index (χ3n) is 2.03. The van der Waals surface area contributed by atoms with Crippen molar-refractivity contribution in [2.45, 2.75) is 33.1 Å². The lowest BCUT2D eigenvalue weighted by Crippen LogP contribution is -2.07. The van der Waals surface area contributed by atoms with Crippen LogP contribution in [0.5, 0.6) is 0 Å². The van der Waals surface area contributed by atoms with Crippen LogP contribution < -0.4 is 5.73 Å². The normalized spacial score (nSPS) is 10.3. The van der Waals surface area contributed by atoms with Crippen LogP contribution in [0.15, 0.2) is 0 Å². The molecule has 0 saturated heterocycles. The van der Waals surface area contributed by atoms with Crippen molar-refractivity contribution in [3.63, 3.8) is 0 Å². The fraction of sp³-hybridized carbons (Fsp3) is 0.600. The lowest BCUT2D eigenvalue weighted by molar-refractivity contribution is 0.0521. The molecular weight excluding hydrogens is 194 g/mol. The molecule has 15 heavy (non-hydrogen) atoms. The van der Waals surface area contributed by atoms with E-state index in [9.17, 15) is 4.79 Å². The number of aryl methyl sites for hydroxylation is 1. The Morgan fingerprint density at radius 2 is 2.27 bits per heavy atom. The van der Waals surface area contributed by atoms with E-state index in [0.29, 0.717) is 6.61 Å². The van der Waals surface area contributed by atoms with E-state index < -0.39 is 5.97 Å². The molecule has 0 unspecified atom stereocenters. The maximum Gasteiger partial charge on any atom is 0.358 e. The van der Waals surface area contributed by atoms with Gasteiger partial charge in [0.25, 0.3) is 0 Å². The highest BCUT2D eigenvalue weighted by molar-refractivity contribution is 5.92. The van der Waals surface area contributed by atoms with Gasteiger partial charge in [0, 0.05) is 6.42 Å². The number of esters is 1.